The summed E-state index contributed by atoms with van der Waals surface area (Å²) in [5, 5.41) is 3.65. The minimum atomic E-state index is 0.373. The molecule has 2 rings (SSSR count). The van der Waals surface area contributed by atoms with Gasteiger partial charge in [-0.2, -0.15) is 0 Å². The van der Waals surface area contributed by atoms with E-state index < -0.39 is 0 Å². The second-order valence-electron chi connectivity index (χ2n) is 6.81. The van der Waals surface area contributed by atoms with Crippen LogP contribution < -0.4 is 5.32 Å². The molecule has 2 aliphatic heterocycles. The molecule has 0 aromatic carbocycles. The summed E-state index contributed by atoms with van der Waals surface area (Å²) in [6, 6.07) is 1.38. The van der Waals surface area contributed by atoms with E-state index in [1.54, 1.807) is 0 Å². The van der Waals surface area contributed by atoms with Crippen molar-refractivity contribution in [2.24, 2.45) is 5.92 Å². The fraction of sp³-hybridized carbons (Fsp3) is 0.938. The normalized spacial score (nSPS) is 28.9. The molecule has 0 aromatic heterocycles. The molecule has 2 atom stereocenters. The van der Waals surface area contributed by atoms with Gasteiger partial charge in [0, 0.05) is 31.6 Å². The van der Waals surface area contributed by atoms with Gasteiger partial charge in [-0.15, -0.1) is 0 Å². The highest BCUT2D eigenvalue weighted by atomic mass is 16.2. The van der Waals surface area contributed by atoms with Gasteiger partial charge in [0.1, 0.15) is 0 Å². The fourth-order valence-corrected chi connectivity index (χ4v) is 3.75. The van der Waals surface area contributed by atoms with Crippen LogP contribution in [0, 0.1) is 5.92 Å². The maximum atomic E-state index is 12.4. The van der Waals surface area contributed by atoms with Crippen molar-refractivity contribution in [1.29, 1.82) is 0 Å². The van der Waals surface area contributed by atoms with Crippen LogP contribution in [0.25, 0.3) is 0 Å². The molecule has 0 radical (unpaired) electrons. The maximum absolute atomic E-state index is 12.4. The molecule has 0 aromatic rings. The molecule has 0 aliphatic carbocycles. The summed E-state index contributed by atoms with van der Waals surface area (Å²) < 4.78 is 0. The van der Waals surface area contributed by atoms with E-state index in [1.165, 1.54) is 25.7 Å². The van der Waals surface area contributed by atoms with Crippen LogP contribution in [0.4, 0.5) is 0 Å². The monoisotopic (exact) mass is 281 g/mol. The summed E-state index contributed by atoms with van der Waals surface area (Å²) in [5.74, 6) is 0.988. The van der Waals surface area contributed by atoms with Gasteiger partial charge in [-0.05, 0) is 65.6 Å². The van der Waals surface area contributed by atoms with Crippen LogP contribution >= 0.6 is 0 Å². The second-order valence-corrected chi connectivity index (χ2v) is 6.81. The Labute approximate surface area is 123 Å². The summed E-state index contributed by atoms with van der Waals surface area (Å²) in [7, 11) is 4.17. The number of nitrogens with one attached hydrogen (secondary N) is 1. The number of piperidine rings is 1. The molecule has 4 nitrogen and oxygen atoms in total. The van der Waals surface area contributed by atoms with Crippen molar-refractivity contribution in [3.8, 4) is 0 Å². The van der Waals surface area contributed by atoms with Gasteiger partial charge in [0.25, 0.3) is 0 Å². The molecule has 2 saturated heterocycles. The van der Waals surface area contributed by atoms with E-state index >= 15 is 0 Å². The molecule has 0 spiro atoms. The molecular weight excluding hydrogens is 250 g/mol. The van der Waals surface area contributed by atoms with Crippen molar-refractivity contribution >= 4 is 5.91 Å². The number of amides is 1. The van der Waals surface area contributed by atoms with Gasteiger partial charge in [0.2, 0.25) is 5.91 Å². The van der Waals surface area contributed by atoms with Gasteiger partial charge in [-0.3, -0.25) is 4.79 Å². The van der Waals surface area contributed by atoms with Crippen molar-refractivity contribution in [3.05, 3.63) is 0 Å². The van der Waals surface area contributed by atoms with Crippen LogP contribution in [-0.4, -0.2) is 61.5 Å². The number of carbonyl (C=O) groups excluding carboxylic acids is 1. The van der Waals surface area contributed by atoms with E-state index in [9.17, 15) is 4.79 Å². The SMILES string of the molecule is CCN(CCCN(C)C)C(=O)CC1CC2CCC(C1)N2. The van der Waals surface area contributed by atoms with Gasteiger partial charge in [-0.25, -0.2) is 0 Å². The quantitative estimate of drug-likeness (QED) is 0.771. The predicted octanol–water partition coefficient (Wildman–Crippen LogP) is 1.71. The van der Waals surface area contributed by atoms with E-state index in [0.29, 0.717) is 23.9 Å². The van der Waals surface area contributed by atoms with Crippen molar-refractivity contribution in [3.63, 3.8) is 0 Å². The highest BCUT2D eigenvalue weighted by Gasteiger charge is 2.34. The summed E-state index contributed by atoms with van der Waals surface area (Å²) >= 11 is 0. The fourth-order valence-electron chi connectivity index (χ4n) is 3.75. The third-order valence-corrected chi connectivity index (χ3v) is 4.80. The largest absolute Gasteiger partial charge is 0.343 e. The summed E-state index contributed by atoms with van der Waals surface area (Å²) in [4.78, 5) is 16.7. The Bertz CT molecular complexity index is 307. The molecule has 2 aliphatic rings. The van der Waals surface area contributed by atoms with Crippen LogP contribution in [0.2, 0.25) is 0 Å². The van der Waals surface area contributed by atoms with E-state index in [0.717, 1.165) is 32.5 Å². The lowest BCUT2D eigenvalue weighted by Gasteiger charge is -2.30. The molecule has 1 amide bonds. The predicted molar refractivity (Wildman–Crippen MR) is 82.7 cm³/mol. The summed E-state index contributed by atoms with van der Waals surface area (Å²) in [5.41, 5.74) is 0. The number of nitrogens with zero attached hydrogens (tertiary/aromatic N) is 2. The van der Waals surface area contributed by atoms with Crippen molar-refractivity contribution in [2.45, 2.75) is 57.5 Å². The average Bonchev–Trinajstić information content (AvgIpc) is 2.73. The molecule has 4 heteroatoms. The zero-order chi connectivity index (χ0) is 14.5. The molecule has 0 saturated carbocycles. The first-order valence-electron chi connectivity index (χ1n) is 8.27. The lowest BCUT2D eigenvalue weighted by atomic mass is 9.89. The number of fused-ring (bicyclic) bond motifs is 2. The first kappa shape index (κ1) is 15.8. The Balaban J connectivity index is 1.74. The molecule has 1 N–H and O–H groups in total. The van der Waals surface area contributed by atoms with Crippen molar-refractivity contribution in [1.82, 2.24) is 15.1 Å². The van der Waals surface area contributed by atoms with Crippen LogP contribution in [0.3, 0.4) is 0 Å². The van der Waals surface area contributed by atoms with Gasteiger partial charge < -0.3 is 15.1 Å². The topological polar surface area (TPSA) is 35.6 Å². The Hall–Kier alpha value is -0.610. The minimum absolute atomic E-state index is 0.373. The standard InChI is InChI=1S/C16H31N3O/c1-4-19(9-5-8-18(2)3)16(20)12-13-10-14-6-7-15(11-13)17-14/h13-15,17H,4-12H2,1-3H3. The first-order chi connectivity index (χ1) is 9.58. The van der Waals surface area contributed by atoms with E-state index in [-0.39, 0.29) is 0 Å². The Morgan fingerprint density at radius 1 is 1.15 bits per heavy atom. The maximum Gasteiger partial charge on any atom is 0.222 e. The summed E-state index contributed by atoms with van der Waals surface area (Å²) in [6.07, 6.45) is 6.88. The van der Waals surface area contributed by atoms with Gasteiger partial charge >= 0.3 is 0 Å². The van der Waals surface area contributed by atoms with E-state index in [1.807, 2.05) is 4.90 Å². The van der Waals surface area contributed by atoms with Crippen molar-refractivity contribution < 1.29 is 4.79 Å². The first-order valence-corrected chi connectivity index (χ1v) is 8.27. The average molecular weight is 281 g/mol. The second kappa shape index (κ2) is 7.41. The zero-order valence-corrected chi connectivity index (χ0v) is 13.4. The number of hydrogen-bond acceptors (Lipinski definition) is 3. The number of rotatable bonds is 7. The van der Waals surface area contributed by atoms with Gasteiger partial charge in [-0.1, -0.05) is 0 Å². The molecule has 2 unspecified atom stereocenters. The van der Waals surface area contributed by atoms with Crippen LogP contribution in [0.5, 0.6) is 0 Å². The van der Waals surface area contributed by atoms with Crippen LogP contribution in [0.1, 0.15) is 45.4 Å². The van der Waals surface area contributed by atoms with Crippen LogP contribution in [0.15, 0.2) is 0 Å². The highest BCUT2D eigenvalue weighted by molar-refractivity contribution is 5.76. The van der Waals surface area contributed by atoms with Gasteiger partial charge in [0.15, 0.2) is 0 Å². The van der Waals surface area contributed by atoms with Gasteiger partial charge in [0.05, 0.1) is 0 Å². The lowest BCUT2D eigenvalue weighted by Crippen LogP contribution is -2.41. The third-order valence-electron chi connectivity index (χ3n) is 4.80. The number of hydrogen-bond donors (Lipinski definition) is 1. The zero-order valence-electron chi connectivity index (χ0n) is 13.4. The van der Waals surface area contributed by atoms with Crippen LogP contribution in [-0.2, 0) is 4.79 Å². The highest BCUT2D eigenvalue weighted by Crippen LogP contribution is 2.32. The molecular formula is C16H31N3O. The Morgan fingerprint density at radius 3 is 2.35 bits per heavy atom. The summed E-state index contributed by atoms with van der Waals surface area (Å²) in [6.45, 7) is 4.91. The Kier molecular flexibility index (Phi) is 5.85. The molecule has 2 heterocycles. The number of carbonyl (C=O) groups is 1. The molecule has 2 bridgehead atoms. The molecule has 116 valence electrons. The third kappa shape index (κ3) is 4.45. The Morgan fingerprint density at radius 2 is 1.80 bits per heavy atom. The van der Waals surface area contributed by atoms with E-state index in [4.69, 9.17) is 0 Å². The molecule has 2 fully saturated rings. The van der Waals surface area contributed by atoms with E-state index in [2.05, 4.69) is 31.2 Å². The van der Waals surface area contributed by atoms with Crippen molar-refractivity contribution in [2.75, 3.05) is 33.7 Å². The lowest BCUT2D eigenvalue weighted by molar-refractivity contribution is -0.132. The smallest absolute Gasteiger partial charge is 0.222 e. The minimum Gasteiger partial charge on any atom is -0.343 e. The molecule has 20 heavy (non-hydrogen) atoms.